The zero-order valence-corrected chi connectivity index (χ0v) is 29.3. The molecule has 3 nitrogen and oxygen atoms in total. The van der Waals surface area contributed by atoms with E-state index in [9.17, 15) is 0 Å². The molecule has 0 bridgehead atoms. The van der Waals surface area contributed by atoms with Crippen molar-refractivity contribution in [3.63, 3.8) is 0 Å². The highest BCUT2D eigenvalue weighted by molar-refractivity contribution is 7.26. The molecule has 4 heteroatoms. The van der Waals surface area contributed by atoms with Crippen LogP contribution in [-0.2, 0) is 0 Å². The molecule has 4 unspecified atom stereocenters. The smallest absolute Gasteiger partial charge is 0.164 e. The van der Waals surface area contributed by atoms with Crippen LogP contribution in [0.15, 0.2) is 115 Å². The van der Waals surface area contributed by atoms with Crippen LogP contribution in [0.4, 0.5) is 0 Å². The normalized spacial score (nSPS) is 21.9. The Morgan fingerprint density at radius 1 is 0.740 bits per heavy atom. The van der Waals surface area contributed by atoms with Crippen molar-refractivity contribution in [2.24, 2.45) is 17.8 Å². The second-order valence-electron chi connectivity index (χ2n) is 14.5. The molecule has 4 aromatic carbocycles. The zero-order valence-electron chi connectivity index (χ0n) is 28.5. The van der Waals surface area contributed by atoms with Crippen molar-refractivity contribution in [2.75, 3.05) is 0 Å². The predicted octanol–water partition coefficient (Wildman–Crippen LogP) is 12.2. The summed E-state index contributed by atoms with van der Waals surface area (Å²) in [4.78, 5) is 15.4. The maximum absolute atomic E-state index is 5.22. The van der Waals surface area contributed by atoms with Gasteiger partial charge in [-0.05, 0) is 93.3 Å². The third-order valence-electron chi connectivity index (χ3n) is 11.2. The first kappa shape index (κ1) is 29.7. The summed E-state index contributed by atoms with van der Waals surface area (Å²) in [6, 6.07) is 28.8. The maximum atomic E-state index is 5.22. The fourth-order valence-electron chi connectivity index (χ4n) is 8.68. The molecule has 2 aromatic heterocycles. The standard InChI is InChI=1S/C46H37N3S/c1-26-11-9-14-32(23-26)45-47-44(29-12-5-4-6-13-29)48-46(49-45)36-24-30(21-19-27(36)2)37-25-31-22-20-28(3)39-34-16-8-7-15-33(34)35-17-10-18-38-41(35)42(40(31)39)43(37)50-38/h4-18,20-22,24-28,39H,19,23H2,1-3H3. The van der Waals surface area contributed by atoms with Crippen molar-refractivity contribution >= 4 is 54.3 Å². The highest BCUT2D eigenvalue weighted by Gasteiger charge is 2.35. The van der Waals surface area contributed by atoms with E-state index in [1.54, 1.807) is 0 Å². The van der Waals surface area contributed by atoms with Crippen LogP contribution in [-0.4, -0.2) is 15.0 Å². The van der Waals surface area contributed by atoms with Crippen molar-refractivity contribution in [3.8, 4) is 22.5 Å². The minimum atomic E-state index is 0.278. The van der Waals surface area contributed by atoms with Crippen molar-refractivity contribution in [3.05, 3.63) is 149 Å². The average Bonchev–Trinajstić information content (AvgIpc) is 3.49. The number of allylic oxidation sites excluding steroid dienone is 9. The zero-order chi connectivity index (χ0) is 33.5. The summed E-state index contributed by atoms with van der Waals surface area (Å²) in [6.45, 7) is 6.94. The van der Waals surface area contributed by atoms with E-state index < -0.39 is 0 Å². The lowest BCUT2D eigenvalue weighted by Gasteiger charge is -2.30. The molecule has 50 heavy (non-hydrogen) atoms. The monoisotopic (exact) mass is 663 g/mol. The van der Waals surface area contributed by atoms with E-state index in [0.717, 1.165) is 35.9 Å². The molecule has 0 spiro atoms. The Hall–Kier alpha value is -5.19. The van der Waals surface area contributed by atoms with Gasteiger partial charge in [-0.2, -0.15) is 0 Å². The molecule has 0 radical (unpaired) electrons. The van der Waals surface area contributed by atoms with Crippen LogP contribution in [0.2, 0.25) is 0 Å². The van der Waals surface area contributed by atoms with Gasteiger partial charge in [0.1, 0.15) is 0 Å². The number of rotatable bonds is 4. The van der Waals surface area contributed by atoms with Crippen molar-refractivity contribution in [2.45, 2.75) is 39.5 Å². The van der Waals surface area contributed by atoms with Crippen LogP contribution in [0.25, 0.3) is 65.5 Å². The summed E-state index contributed by atoms with van der Waals surface area (Å²) in [5.74, 6) is 3.76. The lowest BCUT2D eigenvalue weighted by Crippen LogP contribution is -2.15. The maximum Gasteiger partial charge on any atom is 0.164 e. The molecule has 0 N–H and O–H groups in total. The summed E-state index contributed by atoms with van der Waals surface area (Å²) in [7, 11) is 0. The fraction of sp³-hybridized carbons (Fsp3) is 0.196. The minimum absolute atomic E-state index is 0.278. The first-order chi connectivity index (χ1) is 24.5. The summed E-state index contributed by atoms with van der Waals surface area (Å²) < 4.78 is 2.75. The lowest BCUT2D eigenvalue weighted by molar-refractivity contribution is 0.624. The molecule has 0 saturated carbocycles. The Balaban J connectivity index is 1.19. The highest BCUT2D eigenvalue weighted by atomic mass is 32.1. The van der Waals surface area contributed by atoms with Gasteiger partial charge in [0.15, 0.2) is 17.5 Å². The Kier molecular flexibility index (Phi) is 6.79. The Morgan fingerprint density at radius 3 is 2.42 bits per heavy atom. The molecule has 0 saturated heterocycles. The summed E-state index contributed by atoms with van der Waals surface area (Å²) >= 11 is 1.95. The Labute approximate surface area is 297 Å². The van der Waals surface area contributed by atoms with Crippen LogP contribution in [0.3, 0.4) is 0 Å². The van der Waals surface area contributed by atoms with Crippen LogP contribution >= 0.6 is 11.3 Å². The topological polar surface area (TPSA) is 38.7 Å². The van der Waals surface area contributed by atoms with Gasteiger partial charge in [-0.15, -0.1) is 11.3 Å². The first-order valence-electron chi connectivity index (χ1n) is 17.9. The van der Waals surface area contributed by atoms with Crippen LogP contribution < -0.4 is 0 Å². The van der Waals surface area contributed by atoms with E-state index in [1.165, 1.54) is 70.3 Å². The van der Waals surface area contributed by atoms with Gasteiger partial charge in [-0.3, -0.25) is 0 Å². The molecule has 0 aliphatic heterocycles. The lowest BCUT2D eigenvalue weighted by atomic mass is 9.73. The van der Waals surface area contributed by atoms with Gasteiger partial charge in [0.25, 0.3) is 0 Å². The average molecular weight is 664 g/mol. The van der Waals surface area contributed by atoms with Gasteiger partial charge in [0, 0.05) is 37.2 Å². The fourth-order valence-corrected chi connectivity index (χ4v) is 9.96. The molecule has 2 heterocycles. The molecule has 242 valence electrons. The Morgan fingerprint density at radius 2 is 1.54 bits per heavy atom. The van der Waals surface area contributed by atoms with E-state index in [0.29, 0.717) is 17.8 Å². The second-order valence-corrected chi connectivity index (χ2v) is 15.6. The van der Waals surface area contributed by atoms with E-state index in [2.05, 4.69) is 136 Å². The van der Waals surface area contributed by atoms with Gasteiger partial charge in [-0.25, -0.2) is 15.0 Å². The number of nitrogens with zero attached hydrogens (tertiary/aromatic N) is 3. The molecule has 4 atom stereocenters. The van der Waals surface area contributed by atoms with Crippen molar-refractivity contribution in [1.29, 1.82) is 0 Å². The van der Waals surface area contributed by atoms with Gasteiger partial charge in [0.05, 0.1) is 0 Å². The molecular formula is C46H37N3S. The quantitative estimate of drug-likeness (QED) is 0.188. The van der Waals surface area contributed by atoms with Gasteiger partial charge in [-0.1, -0.05) is 124 Å². The van der Waals surface area contributed by atoms with Crippen molar-refractivity contribution < 1.29 is 0 Å². The number of benzene rings is 4. The number of aromatic nitrogens is 3. The number of hydrogen-bond donors (Lipinski definition) is 0. The third kappa shape index (κ3) is 4.58. The van der Waals surface area contributed by atoms with Gasteiger partial charge in [0.2, 0.25) is 0 Å². The molecule has 4 aliphatic carbocycles. The molecule has 10 rings (SSSR count). The van der Waals surface area contributed by atoms with Crippen LogP contribution in [0, 0.1) is 17.8 Å². The first-order valence-corrected chi connectivity index (χ1v) is 18.7. The largest absolute Gasteiger partial charge is 0.209 e. The molecule has 0 amide bonds. The molecular weight excluding hydrogens is 627 g/mol. The molecule has 0 fully saturated rings. The highest BCUT2D eigenvalue weighted by Crippen LogP contribution is 2.55. The predicted molar refractivity (Wildman–Crippen MR) is 211 cm³/mol. The van der Waals surface area contributed by atoms with E-state index >= 15 is 0 Å². The SMILES string of the molecule is CC1C=CC=C(c2nc(C3=CC(c4cc5c6c7c4sc4cccc(c47)-c4ccccc4C6C(C)C=C5)=CCC3C)nc(-c3ccccc3)n2)C1. The summed E-state index contributed by atoms with van der Waals surface area (Å²) in [5.41, 5.74) is 12.9. The van der Waals surface area contributed by atoms with Crippen LogP contribution in [0.1, 0.15) is 73.4 Å². The summed E-state index contributed by atoms with van der Waals surface area (Å²) in [5, 5.41) is 2.86. The number of hydrogen-bond acceptors (Lipinski definition) is 4. The van der Waals surface area contributed by atoms with Gasteiger partial charge >= 0.3 is 0 Å². The summed E-state index contributed by atoms with van der Waals surface area (Å²) in [6.07, 6.45) is 18.0. The minimum Gasteiger partial charge on any atom is -0.209 e. The molecule has 6 aromatic rings. The van der Waals surface area contributed by atoms with E-state index in [4.69, 9.17) is 15.0 Å². The third-order valence-corrected chi connectivity index (χ3v) is 12.4. The van der Waals surface area contributed by atoms with E-state index in [-0.39, 0.29) is 5.92 Å². The second kappa shape index (κ2) is 11.4. The van der Waals surface area contributed by atoms with E-state index in [1.807, 2.05) is 17.4 Å². The molecule has 4 aliphatic rings. The van der Waals surface area contributed by atoms with Crippen molar-refractivity contribution in [1.82, 2.24) is 15.0 Å². The number of fused-ring (bicyclic) bond motifs is 3. The Bertz CT molecular complexity index is 2540. The number of thiophene rings is 1. The van der Waals surface area contributed by atoms with Gasteiger partial charge < -0.3 is 0 Å². The van der Waals surface area contributed by atoms with Crippen LogP contribution in [0.5, 0.6) is 0 Å².